The van der Waals surface area contributed by atoms with Gasteiger partial charge in [-0.3, -0.25) is 4.57 Å². The molecular formula is C19H24N6O. The molecule has 3 aliphatic rings. The van der Waals surface area contributed by atoms with Crippen molar-refractivity contribution < 1.29 is 0 Å². The highest BCUT2D eigenvalue weighted by Crippen LogP contribution is 2.40. The van der Waals surface area contributed by atoms with Crippen LogP contribution in [0.15, 0.2) is 35.6 Å². The Balaban J connectivity index is 1.18. The van der Waals surface area contributed by atoms with Crippen LogP contribution in [0.5, 0.6) is 0 Å². The van der Waals surface area contributed by atoms with Crippen LogP contribution in [0.25, 0.3) is 0 Å². The van der Waals surface area contributed by atoms with Gasteiger partial charge in [-0.1, -0.05) is 0 Å². The van der Waals surface area contributed by atoms with Gasteiger partial charge in [0, 0.05) is 69.3 Å². The summed E-state index contributed by atoms with van der Waals surface area (Å²) in [4.78, 5) is 29.4. The van der Waals surface area contributed by atoms with Crippen molar-refractivity contribution in [1.82, 2.24) is 24.4 Å². The van der Waals surface area contributed by atoms with E-state index >= 15 is 0 Å². The molecule has 26 heavy (non-hydrogen) atoms. The van der Waals surface area contributed by atoms with Gasteiger partial charge in [-0.05, 0) is 30.7 Å². The second-order valence-electron chi connectivity index (χ2n) is 7.86. The van der Waals surface area contributed by atoms with E-state index in [2.05, 4.69) is 30.8 Å². The summed E-state index contributed by atoms with van der Waals surface area (Å²) in [6.07, 6.45) is 7.65. The van der Waals surface area contributed by atoms with Gasteiger partial charge < -0.3 is 9.80 Å². The summed E-state index contributed by atoms with van der Waals surface area (Å²) in [7, 11) is 0. The minimum atomic E-state index is -0.159. The van der Waals surface area contributed by atoms with Gasteiger partial charge in [0.25, 0.3) is 0 Å². The first-order chi connectivity index (χ1) is 12.8. The monoisotopic (exact) mass is 352 g/mol. The van der Waals surface area contributed by atoms with Crippen molar-refractivity contribution in [2.45, 2.75) is 25.3 Å². The largest absolute Gasteiger partial charge is 0.356 e. The third-order valence-corrected chi connectivity index (χ3v) is 6.00. The highest BCUT2D eigenvalue weighted by molar-refractivity contribution is 5.42. The van der Waals surface area contributed by atoms with E-state index < -0.39 is 0 Å². The molecule has 2 unspecified atom stereocenters. The quantitative estimate of drug-likeness (QED) is 0.799. The van der Waals surface area contributed by atoms with Crippen molar-refractivity contribution in [3.05, 3.63) is 47.0 Å². The van der Waals surface area contributed by atoms with E-state index in [9.17, 15) is 4.79 Å². The number of aromatic nitrogens is 4. The fourth-order valence-electron chi connectivity index (χ4n) is 4.40. The Bertz CT molecular complexity index is 834. The molecule has 7 heteroatoms. The molecule has 0 amide bonds. The number of fused-ring (bicyclic) bond motifs is 1. The van der Waals surface area contributed by atoms with Crippen LogP contribution in [0.1, 0.15) is 24.5 Å². The van der Waals surface area contributed by atoms with Crippen LogP contribution in [-0.4, -0.2) is 57.1 Å². The number of rotatable bonds is 5. The van der Waals surface area contributed by atoms with Gasteiger partial charge in [-0.25, -0.2) is 19.7 Å². The van der Waals surface area contributed by atoms with Crippen molar-refractivity contribution >= 4 is 5.82 Å². The topological polar surface area (TPSA) is 67.2 Å². The van der Waals surface area contributed by atoms with Crippen molar-refractivity contribution in [3.63, 3.8) is 0 Å². The molecule has 2 aliphatic heterocycles. The molecule has 2 saturated heterocycles. The van der Waals surface area contributed by atoms with Crippen LogP contribution >= 0.6 is 0 Å². The molecule has 7 nitrogen and oxygen atoms in total. The third-order valence-electron chi connectivity index (χ3n) is 6.00. The molecule has 2 atom stereocenters. The predicted octanol–water partition coefficient (Wildman–Crippen LogP) is 0.979. The molecule has 4 heterocycles. The van der Waals surface area contributed by atoms with E-state index in [1.54, 1.807) is 17.1 Å². The predicted molar refractivity (Wildman–Crippen MR) is 98.1 cm³/mol. The highest BCUT2D eigenvalue weighted by Gasteiger charge is 2.40. The smallest absolute Gasteiger partial charge is 0.347 e. The molecule has 2 aromatic rings. The lowest BCUT2D eigenvalue weighted by atomic mass is 10.0. The minimum absolute atomic E-state index is 0.159. The zero-order chi connectivity index (χ0) is 17.5. The lowest BCUT2D eigenvalue weighted by molar-refractivity contribution is 0.300. The summed E-state index contributed by atoms with van der Waals surface area (Å²) < 4.78 is 1.70. The molecule has 2 aromatic heterocycles. The second kappa shape index (κ2) is 6.46. The first-order valence-corrected chi connectivity index (χ1v) is 9.57. The van der Waals surface area contributed by atoms with Gasteiger partial charge in [-0.2, -0.15) is 0 Å². The van der Waals surface area contributed by atoms with Gasteiger partial charge >= 0.3 is 5.69 Å². The zero-order valence-corrected chi connectivity index (χ0v) is 14.9. The van der Waals surface area contributed by atoms with E-state index in [0.29, 0.717) is 24.3 Å². The molecule has 0 aromatic carbocycles. The molecule has 136 valence electrons. The van der Waals surface area contributed by atoms with Crippen LogP contribution in [0.3, 0.4) is 0 Å². The normalized spacial score (nSPS) is 25.6. The molecule has 0 spiro atoms. The molecule has 0 N–H and O–H groups in total. The maximum absolute atomic E-state index is 11.7. The van der Waals surface area contributed by atoms with Crippen LogP contribution in [0.4, 0.5) is 5.82 Å². The summed E-state index contributed by atoms with van der Waals surface area (Å²) in [5.41, 5.74) is 1.06. The van der Waals surface area contributed by atoms with Crippen LogP contribution in [-0.2, 0) is 6.54 Å². The Kier molecular flexibility index (Phi) is 3.96. The highest BCUT2D eigenvalue weighted by atomic mass is 16.1. The Labute approximate surface area is 152 Å². The van der Waals surface area contributed by atoms with Crippen molar-refractivity contribution in [1.29, 1.82) is 0 Å². The summed E-state index contributed by atoms with van der Waals surface area (Å²) >= 11 is 0. The number of hydrogen-bond acceptors (Lipinski definition) is 6. The summed E-state index contributed by atoms with van der Waals surface area (Å²) in [5, 5.41) is 0. The molecule has 5 rings (SSSR count). The molecule has 1 aliphatic carbocycles. The SMILES string of the molecule is O=c1ncccn1CCN1CC2CN(c3cc(C4CC4)ncn3)CC2C1. The molecule has 1 saturated carbocycles. The summed E-state index contributed by atoms with van der Waals surface area (Å²) in [6.45, 7) is 6.00. The van der Waals surface area contributed by atoms with Gasteiger partial charge in [0.15, 0.2) is 0 Å². The molecule has 0 bridgehead atoms. The molecule has 0 radical (unpaired) electrons. The van der Waals surface area contributed by atoms with E-state index in [4.69, 9.17) is 0 Å². The van der Waals surface area contributed by atoms with Crippen molar-refractivity contribution in [2.75, 3.05) is 37.6 Å². The number of hydrogen-bond donors (Lipinski definition) is 0. The number of anilines is 1. The van der Waals surface area contributed by atoms with Gasteiger partial charge in [0.2, 0.25) is 0 Å². The fraction of sp³-hybridized carbons (Fsp3) is 0.579. The number of likely N-dealkylation sites (tertiary alicyclic amines) is 1. The second-order valence-corrected chi connectivity index (χ2v) is 7.86. The summed E-state index contributed by atoms with van der Waals surface area (Å²) in [5.74, 6) is 3.16. The first kappa shape index (κ1) is 15.9. The average Bonchev–Trinajstić information content (AvgIpc) is 3.33. The Morgan fingerprint density at radius 2 is 1.81 bits per heavy atom. The van der Waals surface area contributed by atoms with E-state index in [1.807, 2.05) is 12.3 Å². The van der Waals surface area contributed by atoms with Crippen LogP contribution in [0, 0.1) is 11.8 Å². The van der Waals surface area contributed by atoms with Crippen molar-refractivity contribution in [3.8, 4) is 0 Å². The zero-order valence-electron chi connectivity index (χ0n) is 14.9. The minimum Gasteiger partial charge on any atom is -0.356 e. The summed E-state index contributed by atoms with van der Waals surface area (Å²) in [6, 6.07) is 4.01. The fourth-order valence-corrected chi connectivity index (χ4v) is 4.40. The van der Waals surface area contributed by atoms with E-state index in [1.165, 1.54) is 18.5 Å². The van der Waals surface area contributed by atoms with Gasteiger partial charge in [0.1, 0.15) is 12.1 Å². The first-order valence-electron chi connectivity index (χ1n) is 9.57. The lowest BCUT2D eigenvalue weighted by Crippen LogP contribution is -2.33. The van der Waals surface area contributed by atoms with Crippen LogP contribution < -0.4 is 10.6 Å². The third kappa shape index (κ3) is 3.11. The molecule has 3 fully saturated rings. The van der Waals surface area contributed by atoms with Crippen LogP contribution in [0.2, 0.25) is 0 Å². The standard InChI is InChI=1S/C19H24N6O/c26-19-20-4-1-5-24(19)7-6-23-9-15-11-25(12-16(15)10-23)18-8-17(14-2-3-14)21-13-22-18/h1,4-5,8,13-16H,2-3,6-7,9-12H2. The maximum atomic E-state index is 11.7. The Morgan fingerprint density at radius 3 is 2.54 bits per heavy atom. The van der Waals surface area contributed by atoms with Crippen molar-refractivity contribution in [2.24, 2.45) is 11.8 Å². The number of nitrogens with zero attached hydrogens (tertiary/aromatic N) is 6. The van der Waals surface area contributed by atoms with Gasteiger partial charge in [-0.15, -0.1) is 0 Å². The van der Waals surface area contributed by atoms with Gasteiger partial charge in [0.05, 0.1) is 0 Å². The maximum Gasteiger partial charge on any atom is 0.347 e. The van der Waals surface area contributed by atoms with E-state index in [0.717, 1.165) is 38.5 Å². The average molecular weight is 352 g/mol. The van der Waals surface area contributed by atoms with E-state index in [-0.39, 0.29) is 5.69 Å². The Hall–Kier alpha value is -2.28. The Morgan fingerprint density at radius 1 is 1.00 bits per heavy atom. The lowest BCUT2D eigenvalue weighted by Gasteiger charge is -2.22. The molecular weight excluding hydrogens is 328 g/mol.